The molecule has 1 aromatic rings. The molecule has 1 N–H and O–H groups in total. The molecule has 2 aliphatic rings. The van der Waals surface area contributed by atoms with Crippen molar-refractivity contribution in [3.05, 3.63) is 18.2 Å². The molecule has 3 rings (SSSR count). The van der Waals surface area contributed by atoms with Crippen LogP contribution >= 0.6 is 0 Å². The number of piperazine rings is 1. The second-order valence-electron chi connectivity index (χ2n) is 4.74. The van der Waals surface area contributed by atoms with Crippen LogP contribution in [0.2, 0.25) is 0 Å². The molecule has 4 heteroatoms. The maximum absolute atomic E-state index is 5.83. The van der Waals surface area contributed by atoms with Crippen molar-refractivity contribution in [2.75, 3.05) is 31.1 Å². The SMILES string of the molecule is c1cc(OC2CCC2)nc(N2CCNCC2)c1. The molecule has 0 unspecified atom stereocenters. The summed E-state index contributed by atoms with van der Waals surface area (Å²) >= 11 is 0. The van der Waals surface area contributed by atoms with Crippen molar-refractivity contribution in [1.29, 1.82) is 0 Å². The highest BCUT2D eigenvalue weighted by atomic mass is 16.5. The van der Waals surface area contributed by atoms with Gasteiger partial charge in [0.25, 0.3) is 0 Å². The van der Waals surface area contributed by atoms with Crippen molar-refractivity contribution in [2.45, 2.75) is 25.4 Å². The van der Waals surface area contributed by atoms with Crippen molar-refractivity contribution < 1.29 is 4.74 Å². The third-order valence-electron chi connectivity index (χ3n) is 3.49. The Morgan fingerprint density at radius 2 is 2.06 bits per heavy atom. The van der Waals surface area contributed by atoms with Crippen molar-refractivity contribution in [3.63, 3.8) is 0 Å². The van der Waals surface area contributed by atoms with Gasteiger partial charge >= 0.3 is 0 Å². The molecule has 1 aromatic heterocycles. The zero-order valence-corrected chi connectivity index (χ0v) is 10.1. The zero-order chi connectivity index (χ0) is 11.5. The summed E-state index contributed by atoms with van der Waals surface area (Å²) in [6.07, 6.45) is 4.06. The first-order valence-corrected chi connectivity index (χ1v) is 6.51. The molecule has 92 valence electrons. The van der Waals surface area contributed by atoms with E-state index in [0.717, 1.165) is 37.9 Å². The molecule has 0 aromatic carbocycles. The predicted octanol–water partition coefficient (Wildman–Crippen LogP) is 1.42. The molecule has 1 aliphatic heterocycles. The summed E-state index contributed by atoms with van der Waals surface area (Å²) in [7, 11) is 0. The summed E-state index contributed by atoms with van der Waals surface area (Å²) in [5, 5.41) is 3.35. The van der Waals surface area contributed by atoms with Crippen molar-refractivity contribution in [2.24, 2.45) is 0 Å². The summed E-state index contributed by atoms with van der Waals surface area (Å²) in [6.45, 7) is 4.13. The van der Waals surface area contributed by atoms with E-state index in [1.165, 1.54) is 19.3 Å². The highest BCUT2D eigenvalue weighted by Gasteiger charge is 2.20. The third-order valence-corrected chi connectivity index (χ3v) is 3.49. The summed E-state index contributed by atoms with van der Waals surface area (Å²) in [5.74, 6) is 1.83. The van der Waals surface area contributed by atoms with Crippen LogP contribution in [0, 0.1) is 0 Å². The van der Waals surface area contributed by atoms with Crippen LogP contribution in [0.5, 0.6) is 5.88 Å². The van der Waals surface area contributed by atoms with Gasteiger partial charge in [-0.05, 0) is 25.3 Å². The van der Waals surface area contributed by atoms with E-state index in [1.807, 2.05) is 12.1 Å². The topological polar surface area (TPSA) is 37.4 Å². The second kappa shape index (κ2) is 4.92. The van der Waals surface area contributed by atoms with Crippen LogP contribution in [0.25, 0.3) is 0 Å². The van der Waals surface area contributed by atoms with Gasteiger partial charge in [-0.3, -0.25) is 0 Å². The molecule has 0 atom stereocenters. The number of nitrogens with zero attached hydrogens (tertiary/aromatic N) is 2. The van der Waals surface area contributed by atoms with Gasteiger partial charge in [-0.25, -0.2) is 0 Å². The number of anilines is 1. The number of rotatable bonds is 3. The Morgan fingerprint density at radius 3 is 2.76 bits per heavy atom. The average molecular weight is 233 g/mol. The maximum atomic E-state index is 5.83. The van der Waals surface area contributed by atoms with Crippen molar-refractivity contribution in [3.8, 4) is 5.88 Å². The number of pyridine rings is 1. The van der Waals surface area contributed by atoms with Crippen LogP contribution in [0.15, 0.2) is 18.2 Å². The van der Waals surface area contributed by atoms with Gasteiger partial charge in [-0.1, -0.05) is 6.07 Å². The molecule has 1 saturated carbocycles. The van der Waals surface area contributed by atoms with E-state index in [-0.39, 0.29) is 0 Å². The zero-order valence-electron chi connectivity index (χ0n) is 10.1. The van der Waals surface area contributed by atoms with Crippen molar-refractivity contribution >= 4 is 5.82 Å². The fraction of sp³-hybridized carbons (Fsp3) is 0.615. The Kier molecular flexibility index (Phi) is 3.14. The van der Waals surface area contributed by atoms with Gasteiger partial charge in [0.2, 0.25) is 5.88 Å². The molecule has 17 heavy (non-hydrogen) atoms. The first-order valence-electron chi connectivity index (χ1n) is 6.51. The van der Waals surface area contributed by atoms with Gasteiger partial charge in [0.05, 0.1) is 0 Å². The highest BCUT2D eigenvalue weighted by Crippen LogP contribution is 2.25. The van der Waals surface area contributed by atoms with E-state index >= 15 is 0 Å². The van der Waals surface area contributed by atoms with Crippen LogP contribution in [0.4, 0.5) is 5.82 Å². The summed E-state index contributed by atoms with van der Waals surface area (Å²) in [4.78, 5) is 6.90. The molecule has 0 spiro atoms. The minimum atomic E-state index is 0.403. The van der Waals surface area contributed by atoms with E-state index < -0.39 is 0 Å². The maximum Gasteiger partial charge on any atom is 0.215 e. The smallest absolute Gasteiger partial charge is 0.215 e. The minimum absolute atomic E-state index is 0.403. The molecule has 0 amide bonds. The first-order chi connectivity index (χ1) is 8.42. The normalized spacial score (nSPS) is 21.1. The number of ether oxygens (including phenoxy) is 1. The van der Waals surface area contributed by atoms with Crippen LogP contribution in [0.1, 0.15) is 19.3 Å². The van der Waals surface area contributed by atoms with Gasteiger partial charge in [0.15, 0.2) is 0 Å². The van der Waals surface area contributed by atoms with Crippen LogP contribution in [0.3, 0.4) is 0 Å². The monoisotopic (exact) mass is 233 g/mol. The standard InChI is InChI=1S/C13H19N3O/c1-3-11(4-1)17-13-6-2-5-12(15-13)16-9-7-14-8-10-16/h2,5-6,11,14H,1,3-4,7-10H2. The molecule has 4 nitrogen and oxygen atoms in total. The van der Waals surface area contributed by atoms with E-state index in [0.29, 0.717) is 6.10 Å². The van der Waals surface area contributed by atoms with E-state index in [2.05, 4.69) is 21.3 Å². The lowest BCUT2D eigenvalue weighted by Crippen LogP contribution is -2.43. The molecular weight excluding hydrogens is 214 g/mol. The van der Waals surface area contributed by atoms with Gasteiger partial charge in [0.1, 0.15) is 11.9 Å². The van der Waals surface area contributed by atoms with Crippen LogP contribution in [-0.4, -0.2) is 37.3 Å². The summed E-state index contributed by atoms with van der Waals surface area (Å²) in [5.41, 5.74) is 0. The number of hydrogen-bond acceptors (Lipinski definition) is 4. The van der Waals surface area contributed by atoms with Gasteiger partial charge in [-0.15, -0.1) is 0 Å². The Balaban J connectivity index is 1.68. The Labute approximate surface area is 102 Å². The lowest BCUT2D eigenvalue weighted by molar-refractivity contribution is 0.115. The minimum Gasteiger partial charge on any atom is -0.474 e. The molecule has 2 fully saturated rings. The number of aromatic nitrogens is 1. The third kappa shape index (κ3) is 2.52. The Morgan fingerprint density at radius 1 is 1.24 bits per heavy atom. The fourth-order valence-corrected chi connectivity index (χ4v) is 2.20. The highest BCUT2D eigenvalue weighted by molar-refractivity contribution is 5.41. The summed E-state index contributed by atoms with van der Waals surface area (Å²) in [6, 6.07) is 6.07. The largest absolute Gasteiger partial charge is 0.474 e. The van der Waals surface area contributed by atoms with Gasteiger partial charge < -0.3 is 15.0 Å². The number of hydrogen-bond donors (Lipinski definition) is 1. The van der Waals surface area contributed by atoms with Crippen molar-refractivity contribution in [1.82, 2.24) is 10.3 Å². The average Bonchev–Trinajstić information content (AvgIpc) is 2.35. The molecule has 1 aliphatic carbocycles. The van der Waals surface area contributed by atoms with Gasteiger partial charge in [0, 0.05) is 32.2 Å². The predicted molar refractivity (Wildman–Crippen MR) is 67.6 cm³/mol. The lowest BCUT2D eigenvalue weighted by Gasteiger charge is -2.29. The Bertz CT molecular complexity index is 373. The lowest BCUT2D eigenvalue weighted by atomic mass is 9.96. The Hall–Kier alpha value is -1.29. The van der Waals surface area contributed by atoms with E-state index in [1.54, 1.807) is 0 Å². The molecular formula is C13H19N3O. The molecule has 0 radical (unpaired) electrons. The molecule has 0 bridgehead atoms. The second-order valence-corrected chi connectivity index (χ2v) is 4.74. The fourth-order valence-electron chi connectivity index (χ4n) is 2.20. The molecule has 2 heterocycles. The quantitative estimate of drug-likeness (QED) is 0.857. The number of nitrogens with one attached hydrogen (secondary N) is 1. The van der Waals surface area contributed by atoms with Crippen LogP contribution in [-0.2, 0) is 0 Å². The van der Waals surface area contributed by atoms with E-state index in [9.17, 15) is 0 Å². The van der Waals surface area contributed by atoms with E-state index in [4.69, 9.17) is 4.74 Å². The first kappa shape index (κ1) is 10.8. The van der Waals surface area contributed by atoms with Gasteiger partial charge in [-0.2, -0.15) is 4.98 Å². The van der Waals surface area contributed by atoms with Crippen LogP contribution < -0.4 is 15.0 Å². The molecule has 1 saturated heterocycles. The summed E-state index contributed by atoms with van der Waals surface area (Å²) < 4.78 is 5.83.